The molecule has 1 unspecified atom stereocenters. The van der Waals surface area contributed by atoms with Crippen molar-refractivity contribution >= 4 is 29.3 Å². The summed E-state index contributed by atoms with van der Waals surface area (Å²) in [6, 6.07) is 11.0. The number of fused-ring (bicyclic) bond motifs is 6. The number of piperidine rings is 3. The molecule has 5 heterocycles. The summed E-state index contributed by atoms with van der Waals surface area (Å²) in [5.41, 5.74) is 2.21. The second kappa shape index (κ2) is 5.82. The Hall–Kier alpha value is -1.56. The van der Waals surface area contributed by atoms with Crippen LogP contribution < -0.4 is 0 Å². The highest BCUT2D eigenvalue weighted by molar-refractivity contribution is 5.95. The van der Waals surface area contributed by atoms with Gasteiger partial charge in [-0.3, -0.25) is 4.57 Å². The molecule has 0 spiro atoms. The van der Waals surface area contributed by atoms with Gasteiger partial charge in [0.15, 0.2) is 0 Å². The van der Waals surface area contributed by atoms with E-state index < -0.39 is 0 Å². The van der Waals surface area contributed by atoms with Crippen molar-refractivity contribution in [1.29, 1.82) is 0 Å². The number of hydrogen-bond acceptors (Lipinski definition) is 2. The van der Waals surface area contributed by atoms with Crippen LogP contribution in [-0.4, -0.2) is 51.6 Å². The zero-order valence-corrected chi connectivity index (χ0v) is 13.8. The van der Waals surface area contributed by atoms with Gasteiger partial charge in [-0.1, -0.05) is 18.2 Å². The Kier molecular flexibility index (Phi) is 4.12. The van der Waals surface area contributed by atoms with E-state index in [1.807, 2.05) is 16.7 Å². The van der Waals surface area contributed by atoms with E-state index in [4.69, 9.17) is 0 Å². The predicted molar refractivity (Wildman–Crippen MR) is 92.1 cm³/mol. The minimum atomic E-state index is 0. The van der Waals surface area contributed by atoms with Crippen molar-refractivity contribution in [1.82, 2.24) is 14.4 Å². The normalized spacial score (nSPS) is 28.4. The molecule has 1 aromatic carbocycles. The number of halogens is 1. The molecule has 0 radical (unpaired) electrons. The van der Waals surface area contributed by atoms with Crippen molar-refractivity contribution in [2.24, 2.45) is 5.92 Å². The van der Waals surface area contributed by atoms with Gasteiger partial charge in [0.1, 0.15) is 0 Å². The van der Waals surface area contributed by atoms with E-state index in [2.05, 4.69) is 28.0 Å². The first-order chi connectivity index (χ1) is 10.3. The zero-order chi connectivity index (χ0) is 14.0. The van der Waals surface area contributed by atoms with Crippen molar-refractivity contribution in [2.75, 3.05) is 19.6 Å². The topological polar surface area (TPSA) is 60.0 Å². The number of aromatic nitrogens is 1. The molecule has 4 aliphatic heterocycles. The SMILES string of the molecule is Cl.O.O=C1N(C2CN3CCC2CC3)Cc2cc3ccccc3n21. The molecule has 1 atom stereocenters. The minimum absolute atomic E-state index is 0. The number of para-hydroxylation sites is 1. The van der Waals surface area contributed by atoms with Gasteiger partial charge in [0.05, 0.1) is 12.1 Å². The number of hydrogen-bond donors (Lipinski definition) is 0. The van der Waals surface area contributed by atoms with Crippen LogP contribution in [0.15, 0.2) is 30.3 Å². The smallest absolute Gasteiger partial charge is 0.329 e. The molecule has 6 rings (SSSR count). The van der Waals surface area contributed by atoms with E-state index in [-0.39, 0.29) is 23.9 Å². The largest absolute Gasteiger partial charge is 0.412 e. The van der Waals surface area contributed by atoms with Gasteiger partial charge in [0, 0.05) is 23.7 Å². The Morgan fingerprint density at radius 1 is 1.09 bits per heavy atom. The standard InChI is InChI=1S/C17H19N3O.ClH.H2O/c21-17-19(16-11-18-7-5-12(16)6-8-18)10-14-9-13-3-1-2-4-15(13)20(14)17;;/h1-4,9,12,16H,5-8,10-11H2;1H;1H2. The first-order valence-electron chi connectivity index (χ1n) is 7.94. The molecule has 2 bridgehead atoms. The molecule has 0 saturated carbocycles. The lowest BCUT2D eigenvalue weighted by molar-refractivity contribution is 0.0241. The first-order valence-corrected chi connectivity index (χ1v) is 7.94. The van der Waals surface area contributed by atoms with Crippen molar-refractivity contribution in [3.8, 4) is 0 Å². The van der Waals surface area contributed by atoms with Crippen LogP contribution >= 0.6 is 12.4 Å². The average Bonchev–Trinajstić information content (AvgIpc) is 3.05. The number of amides is 1. The number of carbonyl (C=O) groups excluding carboxylic acids is 1. The van der Waals surface area contributed by atoms with Gasteiger partial charge in [0.2, 0.25) is 0 Å². The Morgan fingerprint density at radius 3 is 2.52 bits per heavy atom. The number of carbonyl (C=O) groups is 1. The monoisotopic (exact) mass is 335 g/mol. The summed E-state index contributed by atoms with van der Waals surface area (Å²) in [5.74, 6) is 0.704. The highest BCUT2D eigenvalue weighted by atomic mass is 35.5. The van der Waals surface area contributed by atoms with Crippen LogP contribution in [0.25, 0.3) is 10.9 Å². The van der Waals surface area contributed by atoms with Crippen LogP contribution in [-0.2, 0) is 6.54 Å². The van der Waals surface area contributed by atoms with E-state index in [0.717, 1.165) is 24.3 Å². The molecule has 3 fully saturated rings. The lowest BCUT2D eigenvalue weighted by atomic mass is 9.83. The van der Waals surface area contributed by atoms with Crippen molar-refractivity contribution in [3.63, 3.8) is 0 Å². The zero-order valence-electron chi connectivity index (χ0n) is 12.9. The molecule has 4 aliphatic rings. The van der Waals surface area contributed by atoms with E-state index in [1.54, 1.807) is 0 Å². The fraction of sp³-hybridized carbons (Fsp3) is 0.471. The van der Waals surface area contributed by atoms with Gasteiger partial charge < -0.3 is 15.3 Å². The van der Waals surface area contributed by atoms with Crippen LogP contribution in [0.4, 0.5) is 4.79 Å². The lowest BCUT2D eigenvalue weighted by Gasteiger charge is -2.47. The van der Waals surface area contributed by atoms with Crippen LogP contribution in [0.5, 0.6) is 0 Å². The van der Waals surface area contributed by atoms with Crippen LogP contribution in [0.1, 0.15) is 18.5 Å². The minimum Gasteiger partial charge on any atom is -0.412 e. The highest BCUT2D eigenvalue weighted by Crippen LogP contribution is 2.35. The third-order valence-electron chi connectivity index (χ3n) is 5.58. The summed E-state index contributed by atoms with van der Waals surface area (Å²) in [6.45, 7) is 4.29. The van der Waals surface area contributed by atoms with Crippen molar-refractivity contribution in [2.45, 2.75) is 25.4 Å². The van der Waals surface area contributed by atoms with Gasteiger partial charge in [-0.05, 0) is 44.0 Å². The molecular formula is C17H22ClN3O2. The second-order valence-corrected chi connectivity index (χ2v) is 6.65. The number of nitrogens with zero attached hydrogens (tertiary/aromatic N) is 3. The Balaban J connectivity index is 0.000000781. The third kappa shape index (κ3) is 2.26. The molecule has 23 heavy (non-hydrogen) atoms. The Morgan fingerprint density at radius 2 is 1.83 bits per heavy atom. The average molecular weight is 336 g/mol. The first kappa shape index (κ1) is 16.3. The molecule has 6 heteroatoms. The highest BCUT2D eigenvalue weighted by Gasteiger charge is 2.42. The second-order valence-electron chi connectivity index (χ2n) is 6.65. The van der Waals surface area contributed by atoms with Gasteiger partial charge in [-0.15, -0.1) is 12.4 Å². The fourth-order valence-electron chi connectivity index (χ4n) is 4.47. The summed E-state index contributed by atoms with van der Waals surface area (Å²) in [4.78, 5) is 17.6. The molecule has 5 nitrogen and oxygen atoms in total. The number of rotatable bonds is 1. The molecule has 0 aliphatic carbocycles. The van der Waals surface area contributed by atoms with Crippen LogP contribution in [0, 0.1) is 5.92 Å². The molecule has 2 aromatic rings. The van der Waals surface area contributed by atoms with Crippen LogP contribution in [0.2, 0.25) is 0 Å². The Bertz CT molecular complexity index is 737. The van der Waals surface area contributed by atoms with E-state index in [0.29, 0.717) is 12.0 Å². The number of benzene rings is 1. The molecule has 1 amide bonds. The summed E-state index contributed by atoms with van der Waals surface area (Å²) in [7, 11) is 0. The van der Waals surface area contributed by atoms with Gasteiger partial charge >= 0.3 is 6.03 Å². The quantitative estimate of drug-likeness (QED) is 0.801. The van der Waals surface area contributed by atoms with Gasteiger partial charge in [0.25, 0.3) is 0 Å². The fourth-order valence-corrected chi connectivity index (χ4v) is 4.47. The van der Waals surface area contributed by atoms with E-state index >= 15 is 0 Å². The predicted octanol–water partition coefficient (Wildman–Crippen LogP) is 2.12. The van der Waals surface area contributed by atoms with Crippen molar-refractivity contribution in [3.05, 3.63) is 36.0 Å². The summed E-state index contributed by atoms with van der Waals surface area (Å²) in [5, 5.41) is 1.18. The molecule has 2 N–H and O–H groups in total. The molecule has 124 valence electrons. The molecular weight excluding hydrogens is 314 g/mol. The summed E-state index contributed by atoms with van der Waals surface area (Å²) in [6.07, 6.45) is 2.51. The van der Waals surface area contributed by atoms with Gasteiger partial charge in [-0.25, -0.2) is 4.79 Å². The van der Waals surface area contributed by atoms with E-state index in [1.165, 1.54) is 31.3 Å². The molecule has 1 aromatic heterocycles. The van der Waals surface area contributed by atoms with Crippen molar-refractivity contribution < 1.29 is 10.3 Å². The summed E-state index contributed by atoms with van der Waals surface area (Å²) >= 11 is 0. The molecule has 3 saturated heterocycles. The van der Waals surface area contributed by atoms with E-state index in [9.17, 15) is 4.79 Å². The summed E-state index contributed by atoms with van der Waals surface area (Å²) < 4.78 is 1.92. The van der Waals surface area contributed by atoms with Gasteiger partial charge in [-0.2, -0.15) is 0 Å². The van der Waals surface area contributed by atoms with Crippen LogP contribution in [0.3, 0.4) is 0 Å². The maximum atomic E-state index is 12.9. The third-order valence-corrected chi connectivity index (χ3v) is 5.58. The maximum absolute atomic E-state index is 12.9. The lowest BCUT2D eigenvalue weighted by Crippen LogP contribution is -2.57. The Labute approximate surface area is 141 Å². The maximum Gasteiger partial charge on any atom is 0.329 e.